The predicted molar refractivity (Wildman–Crippen MR) is 112 cm³/mol. The highest BCUT2D eigenvalue weighted by Gasteiger charge is 2.74. The van der Waals surface area contributed by atoms with Gasteiger partial charge in [-0.15, -0.1) is 0 Å². The zero-order valence-corrected chi connectivity index (χ0v) is 18.7. The lowest BCUT2D eigenvalue weighted by atomic mass is 9.74. The van der Waals surface area contributed by atoms with Gasteiger partial charge in [-0.1, -0.05) is 24.3 Å². The van der Waals surface area contributed by atoms with Crippen molar-refractivity contribution in [3.63, 3.8) is 0 Å². The van der Waals surface area contributed by atoms with Gasteiger partial charge in [0.25, 0.3) is 0 Å². The van der Waals surface area contributed by atoms with Gasteiger partial charge >= 0.3 is 5.97 Å². The van der Waals surface area contributed by atoms with Crippen LogP contribution in [-0.2, 0) is 23.9 Å². The summed E-state index contributed by atoms with van der Waals surface area (Å²) in [7, 11) is 0. The van der Waals surface area contributed by atoms with Crippen molar-refractivity contribution in [3.05, 3.63) is 24.3 Å². The van der Waals surface area contributed by atoms with Gasteiger partial charge in [-0.25, -0.2) is 0 Å². The molecule has 8 nitrogen and oxygen atoms in total. The van der Waals surface area contributed by atoms with E-state index in [0.717, 1.165) is 0 Å². The molecule has 2 fully saturated rings. The predicted octanol–water partition coefficient (Wildman–Crippen LogP) is 1.04. The van der Waals surface area contributed by atoms with E-state index in [-0.39, 0.29) is 31.6 Å². The molecule has 1 N–H and O–H groups in total. The fraction of sp³-hybridized carbons (Fsp3) is 0.696. The van der Waals surface area contributed by atoms with Crippen LogP contribution in [0.4, 0.5) is 0 Å². The molecule has 2 amide bonds. The summed E-state index contributed by atoms with van der Waals surface area (Å²) in [5.41, 5.74) is -2.78. The number of nitrogens with zero attached hydrogens (tertiary/aromatic N) is 2. The second-order valence-electron chi connectivity index (χ2n) is 9.99. The molecule has 0 radical (unpaired) electrons. The average molecular weight is 433 g/mol. The van der Waals surface area contributed by atoms with Gasteiger partial charge in [0, 0.05) is 25.2 Å². The minimum atomic E-state index is -1.27. The summed E-state index contributed by atoms with van der Waals surface area (Å²) >= 11 is 0. The molecule has 1 unspecified atom stereocenters. The number of hydrogen-bond donors (Lipinski definition) is 1. The molecule has 8 heteroatoms. The number of ether oxygens (including phenoxy) is 2. The topological polar surface area (TPSA) is 96.4 Å². The van der Waals surface area contributed by atoms with Crippen molar-refractivity contribution in [1.29, 1.82) is 0 Å². The van der Waals surface area contributed by atoms with Crippen LogP contribution in [0.1, 0.15) is 40.5 Å². The molecule has 31 heavy (non-hydrogen) atoms. The van der Waals surface area contributed by atoms with E-state index in [4.69, 9.17) is 9.47 Å². The summed E-state index contributed by atoms with van der Waals surface area (Å²) in [5.74, 6) is -2.69. The molecule has 0 saturated carbocycles. The second-order valence-corrected chi connectivity index (χ2v) is 9.99. The number of rotatable bonds is 3. The van der Waals surface area contributed by atoms with E-state index in [1.165, 1.54) is 4.90 Å². The van der Waals surface area contributed by atoms with E-state index in [1.807, 2.05) is 45.1 Å². The summed E-state index contributed by atoms with van der Waals surface area (Å²) in [6.45, 7) is 8.40. The third kappa shape index (κ3) is 3.22. The molecule has 4 heterocycles. The highest BCUT2D eigenvalue weighted by molar-refractivity contribution is 5.99. The van der Waals surface area contributed by atoms with Crippen molar-refractivity contribution < 1.29 is 29.0 Å². The average Bonchev–Trinajstić information content (AvgIpc) is 2.98. The number of cyclic esters (lactones) is 1. The van der Waals surface area contributed by atoms with Crippen molar-refractivity contribution in [1.82, 2.24) is 9.80 Å². The van der Waals surface area contributed by atoms with Gasteiger partial charge in [0.2, 0.25) is 11.8 Å². The Hall–Kier alpha value is -2.19. The number of esters is 1. The largest absolute Gasteiger partial charge is 0.465 e. The molecule has 0 aromatic carbocycles. The maximum Gasteiger partial charge on any atom is 0.313 e. The lowest BCUT2D eigenvalue weighted by Gasteiger charge is -2.41. The summed E-state index contributed by atoms with van der Waals surface area (Å²) in [6.07, 6.45) is 8.35. The van der Waals surface area contributed by atoms with Crippen LogP contribution < -0.4 is 0 Å². The third-order valence-electron chi connectivity index (χ3n) is 6.89. The van der Waals surface area contributed by atoms with Crippen LogP contribution in [0.5, 0.6) is 0 Å². The minimum absolute atomic E-state index is 0.103. The van der Waals surface area contributed by atoms with Crippen molar-refractivity contribution in [3.8, 4) is 0 Å². The Kier molecular flexibility index (Phi) is 5.29. The molecule has 5 atom stereocenters. The number of fused-ring (bicyclic) bond motifs is 2. The number of aliphatic hydroxyl groups excluding tert-OH is 1. The number of carbonyl (C=O) groups excluding carboxylic acids is 3. The van der Waals surface area contributed by atoms with Crippen LogP contribution in [0, 0.1) is 11.8 Å². The third-order valence-corrected chi connectivity index (χ3v) is 6.89. The molecule has 1 spiro atoms. The van der Waals surface area contributed by atoms with Gasteiger partial charge in [0.05, 0.1) is 18.1 Å². The highest BCUT2D eigenvalue weighted by Crippen LogP contribution is 2.57. The van der Waals surface area contributed by atoms with Gasteiger partial charge in [-0.2, -0.15) is 0 Å². The molecule has 4 aliphatic rings. The van der Waals surface area contributed by atoms with Gasteiger partial charge in [0.15, 0.2) is 0 Å². The van der Waals surface area contributed by atoms with Crippen LogP contribution in [0.25, 0.3) is 0 Å². The van der Waals surface area contributed by atoms with E-state index in [2.05, 4.69) is 0 Å². The Labute approximate surface area is 182 Å². The van der Waals surface area contributed by atoms with Crippen LogP contribution in [0.3, 0.4) is 0 Å². The van der Waals surface area contributed by atoms with Gasteiger partial charge in [-0.05, 0) is 40.5 Å². The number of amides is 2. The van der Waals surface area contributed by atoms with E-state index in [0.29, 0.717) is 19.4 Å². The quantitative estimate of drug-likeness (QED) is 0.529. The number of likely N-dealkylation sites (tertiary alicyclic amines) is 1. The Morgan fingerprint density at radius 3 is 2.55 bits per heavy atom. The summed E-state index contributed by atoms with van der Waals surface area (Å²) in [6, 6.07) is -0.902. The van der Waals surface area contributed by atoms with E-state index in [9.17, 15) is 19.5 Å². The maximum absolute atomic E-state index is 13.9. The summed E-state index contributed by atoms with van der Waals surface area (Å²) in [4.78, 5) is 43.9. The van der Waals surface area contributed by atoms with E-state index in [1.54, 1.807) is 11.8 Å². The Bertz CT molecular complexity index is 845. The summed E-state index contributed by atoms with van der Waals surface area (Å²) in [5, 5.41) is 9.39. The molecule has 0 aromatic heterocycles. The molecule has 0 aromatic rings. The standard InChI is InChI=1S/C23H32N2O6/c1-21(2,3)25-12-7-10-23-15(18(27)24(11-8-13-26)17(23)19(25)28)16-20(29)30-14-6-5-9-22(16,4)31-23/h5,7,9-10,15-17,26H,6,8,11-14H2,1-4H3/t15-,16-,17?,22+,23-/m0/s1. The van der Waals surface area contributed by atoms with E-state index >= 15 is 0 Å². The van der Waals surface area contributed by atoms with Gasteiger partial charge in [0.1, 0.15) is 17.6 Å². The molecule has 4 rings (SSSR count). The molecular weight excluding hydrogens is 400 g/mol. The first-order chi connectivity index (χ1) is 14.6. The van der Waals surface area contributed by atoms with Crippen LogP contribution in [0.2, 0.25) is 0 Å². The van der Waals surface area contributed by atoms with Crippen LogP contribution in [-0.4, -0.2) is 81.8 Å². The molecule has 170 valence electrons. The van der Waals surface area contributed by atoms with Crippen LogP contribution in [0.15, 0.2) is 24.3 Å². The fourth-order valence-corrected chi connectivity index (χ4v) is 5.57. The monoisotopic (exact) mass is 432 g/mol. The van der Waals surface area contributed by atoms with Gasteiger partial charge < -0.3 is 24.4 Å². The van der Waals surface area contributed by atoms with Crippen LogP contribution >= 0.6 is 0 Å². The molecular formula is C23H32N2O6. The maximum atomic E-state index is 13.9. The second kappa shape index (κ2) is 7.45. The Morgan fingerprint density at radius 2 is 1.87 bits per heavy atom. The smallest absolute Gasteiger partial charge is 0.313 e. The normalized spacial score (nSPS) is 37.7. The van der Waals surface area contributed by atoms with Gasteiger partial charge in [-0.3, -0.25) is 14.4 Å². The van der Waals surface area contributed by atoms with Crippen molar-refractivity contribution >= 4 is 17.8 Å². The molecule has 4 aliphatic heterocycles. The number of carbonyl (C=O) groups is 3. The summed E-state index contributed by atoms with van der Waals surface area (Å²) < 4.78 is 12.1. The van der Waals surface area contributed by atoms with E-state index < -0.39 is 40.6 Å². The molecule has 0 aliphatic carbocycles. The zero-order chi connectivity index (χ0) is 22.6. The first kappa shape index (κ1) is 22.0. The SMILES string of the molecule is CC(C)(C)N1CC=C[C@]23O[C@]4(C)C=CCCOC(=O)[C@@H]4[C@H]2C(=O)N(CCCO)C3C1=O. The van der Waals surface area contributed by atoms with Crippen molar-refractivity contribution in [2.45, 2.75) is 63.3 Å². The Morgan fingerprint density at radius 1 is 1.13 bits per heavy atom. The number of aliphatic hydroxyl groups is 1. The minimum Gasteiger partial charge on any atom is -0.465 e. The van der Waals surface area contributed by atoms with Crippen molar-refractivity contribution in [2.75, 3.05) is 26.3 Å². The Balaban J connectivity index is 1.87. The molecule has 0 bridgehead atoms. The number of hydrogen-bond acceptors (Lipinski definition) is 6. The van der Waals surface area contributed by atoms with Crippen molar-refractivity contribution in [2.24, 2.45) is 11.8 Å². The lowest BCUT2D eigenvalue weighted by Crippen LogP contribution is -2.59. The first-order valence-electron chi connectivity index (χ1n) is 11.0. The zero-order valence-electron chi connectivity index (χ0n) is 18.7. The first-order valence-corrected chi connectivity index (χ1v) is 11.0. The highest BCUT2D eigenvalue weighted by atomic mass is 16.6. The lowest BCUT2D eigenvalue weighted by molar-refractivity contribution is -0.161. The molecule has 2 saturated heterocycles. The fourth-order valence-electron chi connectivity index (χ4n) is 5.57.